The summed E-state index contributed by atoms with van der Waals surface area (Å²) >= 11 is 6.25. The molecule has 0 aliphatic rings. The first kappa shape index (κ1) is 22.4. The Labute approximate surface area is 166 Å². The average Bonchev–Trinajstić information content (AvgIpc) is 2.60. The maximum atomic E-state index is 12.8. The summed E-state index contributed by atoms with van der Waals surface area (Å²) in [7, 11) is -4.94. The van der Waals surface area contributed by atoms with Crippen LogP contribution in [0.5, 0.6) is 0 Å². The van der Waals surface area contributed by atoms with Crippen LogP contribution in [0.15, 0.2) is 52.3 Å². The lowest BCUT2D eigenvalue weighted by Crippen LogP contribution is -2.19. The Bertz CT molecular complexity index is 980. The van der Waals surface area contributed by atoms with Gasteiger partial charge in [-0.3, -0.25) is 4.79 Å². The molecule has 0 heterocycles. The van der Waals surface area contributed by atoms with Gasteiger partial charge in [0.1, 0.15) is 0 Å². The zero-order valence-electron chi connectivity index (χ0n) is 13.6. The Hall–Kier alpha value is -1.85. The Morgan fingerprint density at radius 1 is 1.14 bits per heavy atom. The van der Waals surface area contributed by atoms with Gasteiger partial charge in [0.15, 0.2) is 0 Å². The molecule has 2 aromatic carbocycles. The van der Waals surface area contributed by atoms with Crippen LogP contribution in [0.4, 0.5) is 27.6 Å². The topological polar surface area (TPSA) is 63.2 Å². The van der Waals surface area contributed by atoms with Gasteiger partial charge in [0.25, 0.3) is 0 Å². The number of hydrogen-bond acceptors (Lipinski definition) is 4. The lowest BCUT2D eigenvalue weighted by Gasteiger charge is -2.12. The van der Waals surface area contributed by atoms with Gasteiger partial charge in [-0.1, -0.05) is 23.7 Å². The number of sulfone groups is 1. The van der Waals surface area contributed by atoms with E-state index in [-0.39, 0.29) is 16.3 Å². The fourth-order valence-electron chi connectivity index (χ4n) is 2.06. The zero-order chi connectivity index (χ0) is 21.1. The summed E-state index contributed by atoms with van der Waals surface area (Å²) in [6.45, 7) is 0. The molecule has 0 unspecified atom stereocenters. The number of thioether (sulfide) groups is 1. The van der Waals surface area contributed by atoms with E-state index in [9.17, 15) is 35.2 Å². The number of anilines is 1. The van der Waals surface area contributed by atoms with Crippen molar-refractivity contribution in [3.8, 4) is 0 Å². The van der Waals surface area contributed by atoms with Gasteiger partial charge in [-0.25, -0.2) is 8.42 Å². The lowest BCUT2D eigenvalue weighted by molar-refractivity contribution is -0.137. The van der Waals surface area contributed by atoms with Crippen LogP contribution in [0, 0.1) is 0 Å². The Balaban J connectivity index is 2.13. The number of para-hydroxylation sites is 1. The van der Waals surface area contributed by atoms with Gasteiger partial charge < -0.3 is 5.32 Å². The third-order valence-corrected chi connectivity index (χ3v) is 6.08. The molecule has 0 radical (unpaired) electrons. The fourth-order valence-corrected chi connectivity index (χ4v) is 3.91. The molecule has 0 spiro atoms. The van der Waals surface area contributed by atoms with Gasteiger partial charge >= 0.3 is 11.9 Å². The van der Waals surface area contributed by atoms with E-state index in [0.717, 1.165) is 36.0 Å². The quantitative estimate of drug-likeness (QED) is 0.483. The van der Waals surface area contributed by atoms with Crippen molar-refractivity contribution in [3.63, 3.8) is 0 Å². The van der Waals surface area contributed by atoms with Gasteiger partial charge in [-0.05, 0) is 30.3 Å². The molecule has 0 aliphatic carbocycles. The second-order valence-electron chi connectivity index (χ2n) is 5.28. The molecule has 0 atom stereocenters. The van der Waals surface area contributed by atoms with E-state index in [4.69, 9.17) is 11.6 Å². The Kier molecular flexibility index (Phi) is 6.94. The van der Waals surface area contributed by atoms with Crippen molar-refractivity contribution in [2.24, 2.45) is 0 Å². The summed E-state index contributed by atoms with van der Waals surface area (Å²) in [5.74, 6) is -4.85. The first-order valence-electron chi connectivity index (χ1n) is 7.33. The molecule has 1 amide bonds. The number of nitrogens with one attached hydrogen (secondary N) is 1. The molecule has 2 aromatic rings. The zero-order valence-corrected chi connectivity index (χ0v) is 16.0. The molecule has 12 heteroatoms. The average molecular weight is 460 g/mol. The van der Waals surface area contributed by atoms with Gasteiger partial charge in [0.05, 0.1) is 26.9 Å². The van der Waals surface area contributed by atoms with Crippen LogP contribution in [0.1, 0.15) is 5.56 Å². The molecule has 0 saturated heterocycles. The number of carbonyl (C=O) groups is 1. The summed E-state index contributed by atoms with van der Waals surface area (Å²) in [5.41, 5.74) is -1.41. The normalized spacial score (nSPS) is 12.2. The Morgan fingerprint density at radius 2 is 1.79 bits per heavy atom. The highest BCUT2D eigenvalue weighted by molar-refractivity contribution is 8.00. The van der Waals surface area contributed by atoms with E-state index in [1.807, 2.05) is 0 Å². The highest BCUT2D eigenvalue weighted by atomic mass is 35.5. The van der Waals surface area contributed by atoms with E-state index in [0.29, 0.717) is 0 Å². The van der Waals surface area contributed by atoms with E-state index in [2.05, 4.69) is 5.32 Å². The molecule has 0 bridgehead atoms. The molecular formula is C16H11ClF5NO3S2. The number of carbonyl (C=O) groups excluding carboxylic acids is 1. The van der Waals surface area contributed by atoms with Crippen molar-refractivity contribution in [3.05, 3.63) is 53.1 Å². The van der Waals surface area contributed by atoms with Crippen LogP contribution < -0.4 is 5.32 Å². The second-order valence-corrected chi connectivity index (χ2v) is 8.62. The van der Waals surface area contributed by atoms with Crippen molar-refractivity contribution in [1.29, 1.82) is 0 Å². The van der Waals surface area contributed by atoms with Crippen LogP contribution >= 0.6 is 23.4 Å². The van der Waals surface area contributed by atoms with Crippen LogP contribution in [0.2, 0.25) is 5.02 Å². The fraction of sp³-hybridized carbons (Fsp3) is 0.188. The predicted octanol–water partition coefficient (Wildman–Crippen LogP) is 5.09. The SMILES string of the molecule is O=C(CSc1ccc(Cl)c(C(F)(F)F)c1)Nc1ccccc1S(=O)(=O)C(F)F. The lowest BCUT2D eigenvalue weighted by atomic mass is 10.2. The monoisotopic (exact) mass is 459 g/mol. The van der Waals surface area contributed by atoms with Crippen LogP contribution in [-0.2, 0) is 20.8 Å². The molecule has 0 aromatic heterocycles. The van der Waals surface area contributed by atoms with E-state index in [1.54, 1.807) is 0 Å². The van der Waals surface area contributed by atoms with Crippen LogP contribution in [0.3, 0.4) is 0 Å². The minimum Gasteiger partial charge on any atom is -0.324 e. The van der Waals surface area contributed by atoms with Crippen molar-refractivity contribution < 1.29 is 35.2 Å². The van der Waals surface area contributed by atoms with Crippen molar-refractivity contribution in [1.82, 2.24) is 0 Å². The number of amides is 1. The van der Waals surface area contributed by atoms with Gasteiger partial charge in [0, 0.05) is 4.90 Å². The third-order valence-electron chi connectivity index (χ3n) is 3.32. The maximum Gasteiger partial charge on any atom is 0.417 e. The predicted molar refractivity (Wildman–Crippen MR) is 95.4 cm³/mol. The van der Waals surface area contributed by atoms with E-state index >= 15 is 0 Å². The third kappa shape index (κ3) is 5.36. The van der Waals surface area contributed by atoms with Crippen LogP contribution in [-0.4, -0.2) is 25.8 Å². The van der Waals surface area contributed by atoms with Crippen LogP contribution in [0.25, 0.3) is 0 Å². The standard InChI is InChI=1S/C16H11ClF5NO3S2/c17-11-6-5-9(7-10(11)16(20,21)22)27-8-14(24)23-12-3-1-2-4-13(12)28(25,26)15(18)19/h1-7,15H,8H2,(H,23,24). The Morgan fingerprint density at radius 3 is 2.39 bits per heavy atom. The number of alkyl halides is 5. The molecule has 1 N–H and O–H groups in total. The van der Waals surface area contributed by atoms with Gasteiger partial charge in [-0.2, -0.15) is 22.0 Å². The summed E-state index contributed by atoms with van der Waals surface area (Å²) in [5, 5.41) is 1.68. The van der Waals surface area contributed by atoms with Gasteiger partial charge in [-0.15, -0.1) is 11.8 Å². The maximum absolute atomic E-state index is 12.8. The van der Waals surface area contributed by atoms with E-state index < -0.39 is 43.2 Å². The molecule has 2 rings (SSSR count). The first-order valence-corrected chi connectivity index (χ1v) is 10.2. The molecule has 28 heavy (non-hydrogen) atoms. The van der Waals surface area contributed by atoms with Crippen molar-refractivity contribution >= 4 is 44.8 Å². The molecule has 0 aliphatic heterocycles. The number of benzene rings is 2. The summed E-state index contributed by atoms with van der Waals surface area (Å²) < 4.78 is 87.3. The number of rotatable bonds is 6. The van der Waals surface area contributed by atoms with Gasteiger partial charge in [0.2, 0.25) is 15.7 Å². The molecule has 0 fully saturated rings. The largest absolute Gasteiger partial charge is 0.417 e. The first-order chi connectivity index (χ1) is 12.9. The number of halogens is 6. The minimum atomic E-state index is -4.94. The molecule has 152 valence electrons. The summed E-state index contributed by atoms with van der Waals surface area (Å²) in [6, 6.07) is 7.68. The molecular weight excluding hydrogens is 449 g/mol. The minimum absolute atomic E-state index is 0.0976. The molecule has 4 nitrogen and oxygen atoms in total. The highest BCUT2D eigenvalue weighted by Crippen LogP contribution is 2.37. The summed E-state index contributed by atoms with van der Waals surface area (Å²) in [6.07, 6.45) is -4.67. The summed E-state index contributed by atoms with van der Waals surface area (Å²) in [4.78, 5) is 11.4. The number of hydrogen-bond donors (Lipinski definition) is 1. The van der Waals surface area contributed by atoms with Crippen molar-refractivity contribution in [2.75, 3.05) is 11.1 Å². The smallest absolute Gasteiger partial charge is 0.324 e. The van der Waals surface area contributed by atoms with Crippen molar-refractivity contribution in [2.45, 2.75) is 21.7 Å². The van der Waals surface area contributed by atoms with E-state index in [1.165, 1.54) is 18.2 Å². The molecule has 0 saturated carbocycles. The highest BCUT2D eigenvalue weighted by Gasteiger charge is 2.33. The second kappa shape index (κ2) is 8.66.